The molecular formula is C25H32N2O6. The summed E-state index contributed by atoms with van der Waals surface area (Å²) in [5.41, 5.74) is 0.230. The molecule has 2 unspecified atom stereocenters. The van der Waals surface area contributed by atoms with Gasteiger partial charge in [0.25, 0.3) is 5.91 Å². The summed E-state index contributed by atoms with van der Waals surface area (Å²) >= 11 is 0. The van der Waals surface area contributed by atoms with Crippen LogP contribution in [0.4, 0.5) is 0 Å². The molecule has 2 N–H and O–H groups in total. The van der Waals surface area contributed by atoms with Gasteiger partial charge >= 0.3 is 5.63 Å². The number of rotatable bonds is 6. The predicted molar refractivity (Wildman–Crippen MR) is 123 cm³/mol. The number of ether oxygens (including phenoxy) is 1. The van der Waals surface area contributed by atoms with Crippen LogP contribution in [0.25, 0.3) is 11.0 Å². The second-order valence-electron chi connectivity index (χ2n) is 9.26. The van der Waals surface area contributed by atoms with Crippen molar-refractivity contribution in [1.82, 2.24) is 10.2 Å². The number of aliphatic hydroxyl groups is 1. The van der Waals surface area contributed by atoms with Gasteiger partial charge in [-0.15, -0.1) is 0 Å². The third-order valence-corrected chi connectivity index (χ3v) is 7.04. The monoisotopic (exact) mass is 456 g/mol. The third kappa shape index (κ3) is 5.05. The molecule has 1 aliphatic carbocycles. The first-order valence-electron chi connectivity index (χ1n) is 11.8. The van der Waals surface area contributed by atoms with E-state index in [1.54, 1.807) is 30.0 Å². The number of aryl methyl sites for hydroxylation is 1. The van der Waals surface area contributed by atoms with E-state index in [1.807, 2.05) is 6.92 Å². The first-order chi connectivity index (χ1) is 15.8. The van der Waals surface area contributed by atoms with Crippen LogP contribution in [-0.4, -0.2) is 53.2 Å². The van der Waals surface area contributed by atoms with E-state index in [2.05, 4.69) is 5.32 Å². The molecule has 8 nitrogen and oxygen atoms in total. The minimum Gasteiger partial charge on any atom is -0.484 e. The maximum Gasteiger partial charge on any atom is 0.336 e. The molecule has 2 aromatic rings. The summed E-state index contributed by atoms with van der Waals surface area (Å²) in [6.45, 7) is 4.41. The zero-order chi connectivity index (χ0) is 23.6. The van der Waals surface area contributed by atoms with Crippen LogP contribution in [0.3, 0.4) is 0 Å². The molecule has 2 aliphatic rings. The maximum atomic E-state index is 12.9. The average molecular weight is 457 g/mol. The third-order valence-electron chi connectivity index (χ3n) is 7.04. The van der Waals surface area contributed by atoms with Crippen LogP contribution in [0.2, 0.25) is 0 Å². The van der Waals surface area contributed by atoms with Crippen molar-refractivity contribution in [2.45, 2.75) is 64.0 Å². The largest absolute Gasteiger partial charge is 0.484 e. The summed E-state index contributed by atoms with van der Waals surface area (Å²) in [5, 5.41) is 14.4. The van der Waals surface area contributed by atoms with E-state index in [1.165, 1.54) is 6.07 Å². The fourth-order valence-electron chi connectivity index (χ4n) is 5.13. The first kappa shape index (κ1) is 23.3. The van der Waals surface area contributed by atoms with Gasteiger partial charge in [0, 0.05) is 36.5 Å². The minimum atomic E-state index is -0.683. The van der Waals surface area contributed by atoms with Gasteiger partial charge in [-0.1, -0.05) is 19.8 Å². The van der Waals surface area contributed by atoms with E-state index < -0.39 is 23.2 Å². The Bertz CT molecular complexity index is 1100. The van der Waals surface area contributed by atoms with Gasteiger partial charge in [0.15, 0.2) is 6.61 Å². The fraction of sp³-hybridized carbons (Fsp3) is 0.560. The molecule has 3 atom stereocenters. The summed E-state index contributed by atoms with van der Waals surface area (Å²) < 4.78 is 10.8. The normalized spacial score (nSPS) is 23.6. The van der Waals surface area contributed by atoms with E-state index in [0.717, 1.165) is 36.6 Å². The number of amides is 2. The fourth-order valence-corrected chi connectivity index (χ4v) is 5.13. The maximum absolute atomic E-state index is 12.9. The van der Waals surface area contributed by atoms with Crippen molar-refractivity contribution < 1.29 is 23.8 Å². The molecule has 178 valence electrons. The Morgan fingerprint density at radius 2 is 2.12 bits per heavy atom. The highest BCUT2D eigenvalue weighted by Crippen LogP contribution is 2.39. The lowest BCUT2D eigenvalue weighted by atomic mass is 9.71. The lowest BCUT2D eigenvalue weighted by molar-refractivity contribution is -0.146. The van der Waals surface area contributed by atoms with Gasteiger partial charge in [-0.2, -0.15) is 0 Å². The van der Waals surface area contributed by atoms with Crippen molar-refractivity contribution >= 4 is 22.8 Å². The zero-order valence-electron chi connectivity index (χ0n) is 19.3. The van der Waals surface area contributed by atoms with Gasteiger partial charge in [0.05, 0.1) is 5.60 Å². The van der Waals surface area contributed by atoms with Gasteiger partial charge in [-0.25, -0.2) is 4.79 Å². The Balaban J connectivity index is 1.31. The number of piperidine rings is 1. The molecular weight excluding hydrogens is 424 g/mol. The standard InChI is InChI=1S/C25H32N2O6/c1-3-17-12-23(29)33-21-13-19(7-8-20(17)21)32-15-22(28)26-16(2)24(30)27-11-10-25(31)9-5-4-6-18(25)14-27/h7-8,12-13,16,18,31H,3-6,9-11,14-15H2,1-2H3,(H,26,28)/t16-,18?,25?/m0/s1. The first-order valence-corrected chi connectivity index (χ1v) is 11.8. The van der Waals surface area contributed by atoms with E-state index in [-0.39, 0.29) is 18.4 Å². The quantitative estimate of drug-likeness (QED) is 0.646. The molecule has 1 aromatic heterocycles. The summed E-state index contributed by atoms with van der Waals surface area (Å²) in [5.74, 6) is -0.0431. The van der Waals surface area contributed by atoms with Crippen LogP contribution in [-0.2, 0) is 16.0 Å². The molecule has 2 heterocycles. The Morgan fingerprint density at radius 1 is 1.30 bits per heavy atom. The van der Waals surface area contributed by atoms with Gasteiger partial charge < -0.3 is 24.5 Å². The van der Waals surface area contributed by atoms with Gasteiger partial charge in [0.1, 0.15) is 17.4 Å². The Hall–Kier alpha value is -2.87. The molecule has 1 aliphatic heterocycles. The van der Waals surface area contributed by atoms with Crippen molar-refractivity contribution in [1.29, 1.82) is 0 Å². The van der Waals surface area contributed by atoms with E-state index in [4.69, 9.17) is 9.15 Å². The summed E-state index contributed by atoms with van der Waals surface area (Å²) in [7, 11) is 0. The van der Waals surface area contributed by atoms with E-state index in [0.29, 0.717) is 37.3 Å². The van der Waals surface area contributed by atoms with Gasteiger partial charge in [-0.3, -0.25) is 9.59 Å². The Labute approximate surface area is 192 Å². The molecule has 2 amide bonds. The lowest BCUT2D eigenvalue weighted by Crippen LogP contribution is -2.57. The van der Waals surface area contributed by atoms with Crippen molar-refractivity contribution in [2.24, 2.45) is 5.92 Å². The topological polar surface area (TPSA) is 109 Å². The molecule has 2 fully saturated rings. The van der Waals surface area contributed by atoms with Crippen molar-refractivity contribution in [3.63, 3.8) is 0 Å². The molecule has 1 aromatic carbocycles. The molecule has 33 heavy (non-hydrogen) atoms. The van der Waals surface area contributed by atoms with Crippen LogP contribution >= 0.6 is 0 Å². The van der Waals surface area contributed by atoms with Crippen LogP contribution in [0.15, 0.2) is 33.5 Å². The molecule has 0 spiro atoms. The van der Waals surface area contributed by atoms with Crippen molar-refractivity contribution in [2.75, 3.05) is 19.7 Å². The number of hydrogen-bond donors (Lipinski definition) is 2. The van der Waals surface area contributed by atoms with Gasteiger partial charge in [0.2, 0.25) is 5.91 Å². The molecule has 4 rings (SSSR count). The number of nitrogens with one attached hydrogen (secondary N) is 1. The van der Waals surface area contributed by atoms with Crippen LogP contribution in [0, 0.1) is 5.92 Å². The predicted octanol–water partition coefficient (Wildman–Crippen LogP) is 2.39. The van der Waals surface area contributed by atoms with Crippen molar-refractivity contribution in [3.8, 4) is 5.75 Å². The second-order valence-corrected chi connectivity index (χ2v) is 9.26. The smallest absolute Gasteiger partial charge is 0.336 e. The number of nitrogens with zero attached hydrogens (tertiary/aromatic N) is 1. The Morgan fingerprint density at radius 3 is 2.91 bits per heavy atom. The Kier molecular flexibility index (Phi) is 6.74. The van der Waals surface area contributed by atoms with Crippen LogP contribution in [0.5, 0.6) is 5.75 Å². The van der Waals surface area contributed by atoms with E-state index in [9.17, 15) is 19.5 Å². The number of carbonyl (C=O) groups excluding carboxylic acids is 2. The SMILES string of the molecule is CCc1cc(=O)oc2cc(OCC(=O)N[C@@H](C)C(=O)N3CCC4(O)CCCCC4C3)ccc12. The highest BCUT2D eigenvalue weighted by molar-refractivity contribution is 5.88. The average Bonchev–Trinajstić information content (AvgIpc) is 2.80. The number of benzene rings is 1. The second kappa shape index (κ2) is 9.55. The lowest BCUT2D eigenvalue weighted by Gasteiger charge is -2.47. The van der Waals surface area contributed by atoms with E-state index >= 15 is 0 Å². The highest BCUT2D eigenvalue weighted by atomic mass is 16.5. The summed E-state index contributed by atoms with van der Waals surface area (Å²) in [4.78, 5) is 38.8. The molecule has 8 heteroatoms. The van der Waals surface area contributed by atoms with Crippen LogP contribution < -0.4 is 15.7 Å². The number of hydrogen-bond acceptors (Lipinski definition) is 6. The number of carbonyl (C=O) groups is 2. The van der Waals surface area contributed by atoms with Crippen molar-refractivity contribution in [3.05, 3.63) is 40.2 Å². The van der Waals surface area contributed by atoms with Gasteiger partial charge in [-0.05, 0) is 50.3 Å². The molecule has 1 saturated heterocycles. The zero-order valence-corrected chi connectivity index (χ0v) is 19.3. The molecule has 1 saturated carbocycles. The number of fused-ring (bicyclic) bond motifs is 2. The minimum absolute atomic E-state index is 0.108. The van der Waals surface area contributed by atoms with Crippen LogP contribution in [0.1, 0.15) is 51.5 Å². The molecule has 0 bridgehead atoms. The highest BCUT2D eigenvalue weighted by Gasteiger charge is 2.44. The number of likely N-dealkylation sites (tertiary alicyclic amines) is 1. The summed E-state index contributed by atoms with van der Waals surface area (Å²) in [6.07, 6.45) is 5.15. The molecule has 0 radical (unpaired) electrons. The summed E-state index contributed by atoms with van der Waals surface area (Å²) in [6, 6.07) is 5.92.